The van der Waals surface area contributed by atoms with Crippen LogP contribution in [0.4, 0.5) is 5.69 Å². The minimum atomic E-state index is -0.0951. The van der Waals surface area contributed by atoms with Gasteiger partial charge >= 0.3 is 0 Å². The molecule has 1 N–H and O–H groups in total. The second-order valence-electron chi connectivity index (χ2n) is 5.90. The molecule has 2 rings (SSSR count). The zero-order valence-electron chi connectivity index (χ0n) is 13.9. The predicted molar refractivity (Wildman–Crippen MR) is 90.8 cm³/mol. The van der Waals surface area contributed by atoms with Crippen molar-refractivity contribution in [3.63, 3.8) is 0 Å². The molecule has 0 aliphatic carbocycles. The summed E-state index contributed by atoms with van der Waals surface area (Å²) >= 11 is 0. The quantitative estimate of drug-likeness (QED) is 0.892. The molecular formula is C19H23NO2. The Hall–Kier alpha value is -2.29. The number of nitrogens with one attached hydrogen (secondary N) is 1. The molecule has 0 radical (unpaired) electrons. The Morgan fingerprint density at radius 3 is 2.36 bits per heavy atom. The third kappa shape index (κ3) is 3.88. The summed E-state index contributed by atoms with van der Waals surface area (Å²) in [6.45, 7) is 9.98. The number of hydrogen-bond acceptors (Lipinski definition) is 2. The summed E-state index contributed by atoms with van der Waals surface area (Å²) in [5.41, 5.74) is 4.74. The van der Waals surface area contributed by atoms with E-state index < -0.39 is 0 Å². The van der Waals surface area contributed by atoms with Crippen LogP contribution in [0.1, 0.15) is 40.9 Å². The molecule has 0 bridgehead atoms. The van der Waals surface area contributed by atoms with Gasteiger partial charge < -0.3 is 10.1 Å². The second-order valence-corrected chi connectivity index (χ2v) is 5.90. The summed E-state index contributed by atoms with van der Waals surface area (Å²) in [6.07, 6.45) is 0.105. The average Bonchev–Trinajstić information content (AvgIpc) is 2.42. The molecular weight excluding hydrogens is 274 g/mol. The first-order valence-electron chi connectivity index (χ1n) is 7.52. The van der Waals surface area contributed by atoms with Gasteiger partial charge in [-0.1, -0.05) is 12.1 Å². The molecule has 0 aromatic heterocycles. The molecule has 0 unspecified atom stereocenters. The van der Waals surface area contributed by atoms with Crippen LogP contribution in [0.15, 0.2) is 36.4 Å². The Bertz CT molecular complexity index is 690. The summed E-state index contributed by atoms with van der Waals surface area (Å²) in [5.74, 6) is 0.659. The Balaban J connectivity index is 2.20. The number of amides is 1. The molecule has 2 aromatic rings. The molecule has 0 aliphatic heterocycles. The van der Waals surface area contributed by atoms with Crippen molar-refractivity contribution in [1.29, 1.82) is 0 Å². The van der Waals surface area contributed by atoms with Gasteiger partial charge in [-0.05, 0) is 69.5 Å². The van der Waals surface area contributed by atoms with Gasteiger partial charge in [0.2, 0.25) is 0 Å². The molecule has 0 saturated heterocycles. The van der Waals surface area contributed by atoms with E-state index in [-0.39, 0.29) is 12.0 Å². The van der Waals surface area contributed by atoms with Crippen molar-refractivity contribution in [2.45, 2.75) is 40.7 Å². The third-order valence-corrected chi connectivity index (χ3v) is 3.55. The smallest absolute Gasteiger partial charge is 0.255 e. The summed E-state index contributed by atoms with van der Waals surface area (Å²) in [4.78, 5) is 12.5. The zero-order valence-corrected chi connectivity index (χ0v) is 13.9. The van der Waals surface area contributed by atoms with Crippen molar-refractivity contribution in [3.05, 3.63) is 58.7 Å². The van der Waals surface area contributed by atoms with Crippen molar-refractivity contribution in [1.82, 2.24) is 0 Å². The molecule has 0 aliphatic rings. The van der Waals surface area contributed by atoms with Gasteiger partial charge in [-0.25, -0.2) is 0 Å². The molecule has 3 nitrogen and oxygen atoms in total. The van der Waals surface area contributed by atoms with Gasteiger partial charge in [-0.3, -0.25) is 4.79 Å². The molecule has 2 aromatic carbocycles. The lowest BCUT2D eigenvalue weighted by Crippen LogP contribution is -2.14. The van der Waals surface area contributed by atoms with Crippen LogP contribution in [0.3, 0.4) is 0 Å². The standard InChI is InChI=1S/C19H23NO2/c1-12(2)22-17-8-6-7-16(11-17)20-19(21)18-10-14(4)13(3)9-15(18)5/h6-12H,1-5H3,(H,20,21). The summed E-state index contributed by atoms with van der Waals surface area (Å²) in [7, 11) is 0. The lowest BCUT2D eigenvalue weighted by molar-refractivity contribution is 0.102. The monoisotopic (exact) mass is 297 g/mol. The molecule has 0 spiro atoms. The summed E-state index contributed by atoms with van der Waals surface area (Å²) < 4.78 is 5.65. The highest BCUT2D eigenvalue weighted by Crippen LogP contribution is 2.21. The Morgan fingerprint density at radius 1 is 1.00 bits per heavy atom. The number of hydrogen-bond donors (Lipinski definition) is 1. The highest BCUT2D eigenvalue weighted by atomic mass is 16.5. The SMILES string of the molecule is Cc1cc(C)c(C(=O)Nc2cccc(OC(C)C)c2)cc1C. The molecule has 0 atom stereocenters. The van der Waals surface area contributed by atoms with Gasteiger partial charge in [-0.2, -0.15) is 0 Å². The third-order valence-electron chi connectivity index (χ3n) is 3.55. The molecule has 22 heavy (non-hydrogen) atoms. The number of ether oxygens (including phenoxy) is 1. The lowest BCUT2D eigenvalue weighted by atomic mass is 10.0. The molecule has 3 heteroatoms. The maximum Gasteiger partial charge on any atom is 0.255 e. The second kappa shape index (κ2) is 6.65. The van der Waals surface area contributed by atoms with Crippen LogP contribution in [0.5, 0.6) is 5.75 Å². The van der Waals surface area contributed by atoms with Gasteiger partial charge in [0.25, 0.3) is 5.91 Å². The van der Waals surface area contributed by atoms with Gasteiger partial charge in [0, 0.05) is 17.3 Å². The number of benzene rings is 2. The number of carbonyl (C=O) groups excluding carboxylic acids is 1. The number of anilines is 1. The highest BCUT2D eigenvalue weighted by molar-refractivity contribution is 6.05. The lowest BCUT2D eigenvalue weighted by Gasteiger charge is -2.13. The molecule has 1 amide bonds. The first-order valence-corrected chi connectivity index (χ1v) is 7.52. The van der Waals surface area contributed by atoms with Crippen LogP contribution in [-0.4, -0.2) is 12.0 Å². The van der Waals surface area contributed by atoms with E-state index in [4.69, 9.17) is 4.74 Å². The number of carbonyl (C=O) groups is 1. The minimum Gasteiger partial charge on any atom is -0.491 e. The first-order chi connectivity index (χ1) is 10.4. The number of rotatable bonds is 4. The van der Waals surface area contributed by atoms with Crippen LogP contribution in [0.2, 0.25) is 0 Å². The average molecular weight is 297 g/mol. The van der Waals surface area contributed by atoms with Crippen molar-refractivity contribution >= 4 is 11.6 Å². The summed E-state index contributed by atoms with van der Waals surface area (Å²) in [6, 6.07) is 11.4. The van der Waals surface area contributed by atoms with Crippen LogP contribution in [0, 0.1) is 20.8 Å². The van der Waals surface area contributed by atoms with Crippen LogP contribution in [0.25, 0.3) is 0 Å². The Kier molecular flexibility index (Phi) is 4.86. The Labute approximate surface area is 132 Å². The molecule has 0 heterocycles. The van der Waals surface area contributed by atoms with Crippen molar-refractivity contribution < 1.29 is 9.53 Å². The van der Waals surface area contributed by atoms with E-state index in [2.05, 4.69) is 12.2 Å². The van der Waals surface area contributed by atoms with Gasteiger partial charge in [0.05, 0.1) is 6.10 Å². The molecule has 116 valence electrons. The van der Waals surface area contributed by atoms with E-state index >= 15 is 0 Å². The van der Waals surface area contributed by atoms with Crippen molar-refractivity contribution in [3.8, 4) is 5.75 Å². The Morgan fingerprint density at radius 2 is 1.68 bits per heavy atom. The van der Waals surface area contributed by atoms with Gasteiger partial charge in [-0.15, -0.1) is 0 Å². The zero-order chi connectivity index (χ0) is 16.3. The van der Waals surface area contributed by atoms with Gasteiger partial charge in [0.15, 0.2) is 0 Å². The van der Waals surface area contributed by atoms with E-state index in [9.17, 15) is 4.79 Å². The van der Waals surface area contributed by atoms with Gasteiger partial charge in [0.1, 0.15) is 5.75 Å². The van der Waals surface area contributed by atoms with Crippen molar-refractivity contribution in [2.24, 2.45) is 0 Å². The summed E-state index contributed by atoms with van der Waals surface area (Å²) in [5, 5.41) is 2.94. The van der Waals surface area contributed by atoms with E-state index in [0.29, 0.717) is 5.56 Å². The van der Waals surface area contributed by atoms with Crippen LogP contribution < -0.4 is 10.1 Å². The first kappa shape index (κ1) is 16.1. The van der Waals surface area contributed by atoms with E-state index in [1.54, 1.807) is 0 Å². The predicted octanol–water partition coefficient (Wildman–Crippen LogP) is 4.65. The van der Waals surface area contributed by atoms with Crippen LogP contribution >= 0.6 is 0 Å². The van der Waals surface area contributed by atoms with E-state index in [1.165, 1.54) is 5.56 Å². The fourth-order valence-corrected chi connectivity index (χ4v) is 2.32. The topological polar surface area (TPSA) is 38.3 Å². The van der Waals surface area contributed by atoms with Crippen molar-refractivity contribution in [2.75, 3.05) is 5.32 Å². The fourth-order valence-electron chi connectivity index (χ4n) is 2.32. The largest absolute Gasteiger partial charge is 0.491 e. The molecule has 0 saturated carbocycles. The van der Waals surface area contributed by atoms with E-state index in [1.807, 2.05) is 64.1 Å². The maximum absolute atomic E-state index is 12.5. The van der Waals surface area contributed by atoms with Crippen LogP contribution in [-0.2, 0) is 0 Å². The highest BCUT2D eigenvalue weighted by Gasteiger charge is 2.11. The molecule has 0 fully saturated rings. The number of aryl methyl sites for hydroxylation is 3. The normalized spacial score (nSPS) is 10.6. The van der Waals surface area contributed by atoms with E-state index in [0.717, 1.165) is 22.6 Å². The fraction of sp³-hybridized carbons (Fsp3) is 0.316. The maximum atomic E-state index is 12.5. The minimum absolute atomic E-state index is 0.0951.